The Morgan fingerprint density at radius 1 is 1.15 bits per heavy atom. The third kappa shape index (κ3) is 3.89. The molecule has 1 N–H and O–H groups in total. The zero-order valence-electron chi connectivity index (χ0n) is 14.5. The molecule has 0 aliphatic rings. The van der Waals surface area contributed by atoms with E-state index in [4.69, 9.17) is 4.74 Å². The van der Waals surface area contributed by atoms with Gasteiger partial charge in [0.2, 0.25) is 10.0 Å². The Morgan fingerprint density at radius 3 is 2.62 bits per heavy atom. The van der Waals surface area contributed by atoms with Gasteiger partial charge in [-0.1, -0.05) is 0 Å². The fraction of sp³-hybridized carbons (Fsp3) is 0.235. The van der Waals surface area contributed by atoms with Crippen molar-refractivity contribution < 1.29 is 13.2 Å². The van der Waals surface area contributed by atoms with Crippen molar-refractivity contribution in [1.82, 2.24) is 24.2 Å². The van der Waals surface area contributed by atoms with Crippen molar-refractivity contribution in [1.29, 1.82) is 0 Å². The molecule has 2 aromatic heterocycles. The zero-order chi connectivity index (χ0) is 18.6. The van der Waals surface area contributed by atoms with Gasteiger partial charge in [-0.15, -0.1) is 0 Å². The van der Waals surface area contributed by atoms with Gasteiger partial charge in [0.1, 0.15) is 5.75 Å². The summed E-state index contributed by atoms with van der Waals surface area (Å²) < 4.78 is 34.5. The number of hydrogen-bond acceptors (Lipinski definition) is 6. The zero-order valence-corrected chi connectivity index (χ0v) is 15.3. The summed E-state index contributed by atoms with van der Waals surface area (Å²) in [5.74, 6) is 1.73. The molecule has 0 fully saturated rings. The van der Waals surface area contributed by atoms with E-state index in [2.05, 4.69) is 19.7 Å². The van der Waals surface area contributed by atoms with E-state index >= 15 is 0 Å². The van der Waals surface area contributed by atoms with Gasteiger partial charge in [0.05, 0.1) is 12.0 Å². The van der Waals surface area contributed by atoms with E-state index in [0.717, 1.165) is 5.56 Å². The molecule has 0 saturated heterocycles. The first kappa shape index (κ1) is 18.0. The highest BCUT2D eigenvalue weighted by Crippen LogP contribution is 2.21. The van der Waals surface area contributed by atoms with Crippen LogP contribution in [0.4, 0.5) is 0 Å². The number of imidazole rings is 1. The summed E-state index contributed by atoms with van der Waals surface area (Å²) in [7, 11) is -2.06. The summed E-state index contributed by atoms with van der Waals surface area (Å²) in [6.45, 7) is 2.42. The predicted molar refractivity (Wildman–Crippen MR) is 96.2 cm³/mol. The quantitative estimate of drug-likeness (QED) is 0.676. The molecular formula is C17H19N5O3S. The van der Waals surface area contributed by atoms with E-state index in [1.165, 1.54) is 6.07 Å². The van der Waals surface area contributed by atoms with E-state index in [1.807, 2.05) is 0 Å². The molecule has 3 aromatic rings. The van der Waals surface area contributed by atoms with Gasteiger partial charge in [-0.3, -0.25) is 0 Å². The van der Waals surface area contributed by atoms with Crippen molar-refractivity contribution >= 4 is 10.0 Å². The molecule has 8 nitrogen and oxygen atoms in total. The van der Waals surface area contributed by atoms with Crippen molar-refractivity contribution in [3.8, 4) is 17.4 Å². The van der Waals surface area contributed by atoms with Crippen LogP contribution in [-0.2, 0) is 16.6 Å². The van der Waals surface area contributed by atoms with Crippen molar-refractivity contribution in [2.75, 3.05) is 13.7 Å². The Balaban J connectivity index is 1.69. The summed E-state index contributed by atoms with van der Waals surface area (Å²) in [5.41, 5.74) is 0.758. The van der Waals surface area contributed by atoms with E-state index in [1.54, 1.807) is 61.6 Å². The smallest absolute Gasteiger partial charge is 0.240 e. The number of nitrogens with one attached hydrogen (secondary N) is 1. The van der Waals surface area contributed by atoms with Crippen LogP contribution in [0.25, 0.3) is 11.6 Å². The Bertz CT molecular complexity index is 987. The third-order valence-electron chi connectivity index (χ3n) is 3.80. The number of methoxy groups -OCH3 is 1. The molecule has 0 unspecified atom stereocenters. The maximum atomic E-state index is 12.5. The number of hydrogen-bond donors (Lipinski definition) is 1. The normalized spacial score (nSPS) is 11.5. The Morgan fingerprint density at radius 2 is 1.92 bits per heavy atom. The molecule has 9 heteroatoms. The van der Waals surface area contributed by atoms with Gasteiger partial charge in [0, 0.05) is 37.9 Å². The van der Waals surface area contributed by atoms with Crippen molar-refractivity contribution in [2.24, 2.45) is 0 Å². The number of ether oxygens (including phenoxy) is 1. The lowest BCUT2D eigenvalue weighted by atomic mass is 10.2. The summed E-state index contributed by atoms with van der Waals surface area (Å²) in [4.78, 5) is 12.8. The summed E-state index contributed by atoms with van der Waals surface area (Å²) in [5, 5.41) is 0. The number of rotatable bonds is 7. The standard InChI is InChI=1S/C17H19N5O3S/c1-13-12-14(4-5-15(13)25-2)26(23,24)21-9-11-22-10-8-20-17(22)16-18-6-3-7-19-16/h3-8,10,12,21H,9,11H2,1-2H3. The van der Waals surface area contributed by atoms with Crippen molar-refractivity contribution in [3.05, 3.63) is 54.6 Å². The van der Waals surface area contributed by atoms with E-state index in [0.29, 0.717) is 23.9 Å². The average molecular weight is 373 g/mol. The van der Waals surface area contributed by atoms with Crippen LogP contribution in [0, 0.1) is 6.92 Å². The monoisotopic (exact) mass is 373 g/mol. The van der Waals surface area contributed by atoms with Gasteiger partial charge in [0.15, 0.2) is 11.6 Å². The molecule has 136 valence electrons. The second-order valence-electron chi connectivity index (χ2n) is 5.55. The molecule has 26 heavy (non-hydrogen) atoms. The first-order valence-electron chi connectivity index (χ1n) is 7.94. The lowest BCUT2D eigenvalue weighted by Gasteiger charge is -2.11. The molecule has 0 saturated carbocycles. The lowest BCUT2D eigenvalue weighted by molar-refractivity contribution is 0.411. The minimum Gasteiger partial charge on any atom is -0.496 e. The number of nitrogens with zero attached hydrogens (tertiary/aromatic N) is 4. The Labute approximate surface area is 152 Å². The topological polar surface area (TPSA) is 99.0 Å². The molecule has 0 aliphatic carbocycles. The molecule has 0 radical (unpaired) electrons. The van der Waals surface area contributed by atoms with Gasteiger partial charge in [0.25, 0.3) is 0 Å². The molecule has 0 spiro atoms. The summed E-state index contributed by atoms with van der Waals surface area (Å²) in [6.07, 6.45) is 6.66. The fourth-order valence-electron chi connectivity index (χ4n) is 2.51. The molecule has 0 aliphatic heterocycles. The number of benzene rings is 1. The van der Waals surface area contributed by atoms with Gasteiger partial charge in [-0.25, -0.2) is 28.1 Å². The van der Waals surface area contributed by atoms with Gasteiger partial charge >= 0.3 is 0 Å². The predicted octanol–water partition coefficient (Wildman–Crippen LogP) is 1.64. The minimum absolute atomic E-state index is 0.202. The maximum Gasteiger partial charge on any atom is 0.240 e. The van der Waals surface area contributed by atoms with Crippen LogP contribution in [0.2, 0.25) is 0 Å². The van der Waals surface area contributed by atoms with Crippen LogP contribution in [0.5, 0.6) is 5.75 Å². The van der Waals surface area contributed by atoms with Gasteiger partial charge < -0.3 is 9.30 Å². The van der Waals surface area contributed by atoms with Gasteiger partial charge in [-0.05, 0) is 36.8 Å². The van der Waals surface area contributed by atoms with Crippen LogP contribution in [0.3, 0.4) is 0 Å². The van der Waals surface area contributed by atoms with Crippen molar-refractivity contribution in [2.45, 2.75) is 18.4 Å². The minimum atomic E-state index is -3.61. The Kier molecular flexibility index (Phi) is 5.29. The number of sulfonamides is 1. The van der Waals surface area contributed by atoms with Crippen LogP contribution in [0.1, 0.15) is 5.56 Å². The molecule has 2 heterocycles. The first-order chi connectivity index (χ1) is 12.5. The largest absolute Gasteiger partial charge is 0.496 e. The van der Waals surface area contributed by atoms with Gasteiger partial charge in [-0.2, -0.15) is 0 Å². The highest BCUT2D eigenvalue weighted by Gasteiger charge is 2.15. The second kappa shape index (κ2) is 7.63. The van der Waals surface area contributed by atoms with Crippen LogP contribution >= 0.6 is 0 Å². The molecule has 1 aromatic carbocycles. The van der Waals surface area contributed by atoms with Crippen LogP contribution in [-0.4, -0.2) is 41.6 Å². The Hall–Kier alpha value is -2.78. The van der Waals surface area contributed by atoms with Crippen LogP contribution < -0.4 is 9.46 Å². The molecule has 0 amide bonds. The van der Waals surface area contributed by atoms with E-state index in [-0.39, 0.29) is 11.4 Å². The molecule has 0 bridgehead atoms. The lowest BCUT2D eigenvalue weighted by Crippen LogP contribution is -2.27. The maximum absolute atomic E-state index is 12.5. The molecule has 0 atom stereocenters. The summed E-state index contributed by atoms with van der Waals surface area (Å²) >= 11 is 0. The second-order valence-corrected chi connectivity index (χ2v) is 7.31. The average Bonchev–Trinajstić information content (AvgIpc) is 3.10. The van der Waals surface area contributed by atoms with Crippen LogP contribution in [0.15, 0.2) is 53.9 Å². The fourth-order valence-corrected chi connectivity index (χ4v) is 3.62. The van der Waals surface area contributed by atoms with E-state index < -0.39 is 10.0 Å². The highest BCUT2D eigenvalue weighted by molar-refractivity contribution is 7.89. The SMILES string of the molecule is COc1ccc(S(=O)(=O)NCCn2ccnc2-c2ncccn2)cc1C. The first-order valence-corrected chi connectivity index (χ1v) is 9.42. The number of aryl methyl sites for hydroxylation is 1. The number of aromatic nitrogens is 4. The third-order valence-corrected chi connectivity index (χ3v) is 5.26. The summed E-state index contributed by atoms with van der Waals surface area (Å²) in [6, 6.07) is 6.47. The molecule has 3 rings (SSSR count). The highest BCUT2D eigenvalue weighted by atomic mass is 32.2. The van der Waals surface area contributed by atoms with E-state index in [9.17, 15) is 8.42 Å². The molecular weight excluding hydrogens is 354 g/mol. The van der Waals surface area contributed by atoms with Crippen molar-refractivity contribution in [3.63, 3.8) is 0 Å².